The van der Waals surface area contributed by atoms with Crippen molar-refractivity contribution < 1.29 is 23.5 Å². The second-order valence-corrected chi connectivity index (χ2v) is 5.15. The number of anilines is 1. The van der Waals surface area contributed by atoms with Crippen LogP contribution >= 0.6 is 0 Å². The summed E-state index contributed by atoms with van der Waals surface area (Å²) in [5.41, 5.74) is 1.19. The van der Waals surface area contributed by atoms with Crippen LogP contribution in [0.4, 0.5) is 10.1 Å². The maximum Gasteiger partial charge on any atom is 0.313 e. The topological polar surface area (TPSA) is 76.7 Å². The lowest BCUT2D eigenvalue weighted by atomic mass is 10.1. The third-order valence-corrected chi connectivity index (χ3v) is 3.47. The monoisotopic (exact) mass is 346 g/mol. The van der Waals surface area contributed by atoms with Crippen LogP contribution in [-0.4, -0.2) is 32.6 Å². The smallest absolute Gasteiger partial charge is 0.313 e. The molecular weight excluding hydrogens is 327 g/mol. The van der Waals surface area contributed by atoms with E-state index in [1.165, 1.54) is 26.4 Å². The van der Waals surface area contributed by atoms with Crippen molar-refractivity contribution in [2.75, 3.05) is 26.1 Å². The Hall–Kier alpha value is -3.09. The molecule has 0 spiro atoms. The largest absolute Gasteiger partial charge is 0.497 e. The third kappa shape index (κ3) is 5.20. The molecule has 132 valence electrons. The van der Waals surface area contributed by atoms with Gasteiger partial charge in [0.05, 0.1) is 19.9 Å². The number of rotatable bonds is 6. The molecular formula is C18H19FN2O4. The van der Waals surface area contributed by atoms with Gasteiger partial charge in [-0.25, -0.2) is 4.39 Å². The molecule has 7 heteroatoms. The fourth-order valence-electron chi connectivity index (χ4n) is 2.14. The van der Waals surface area contributed by atoms with Gasteiger partial charge in [-0.3, -0.25) is 9.59 Å². The number of methoxy groups -OCH3 is 2. The van der Waals surface area contributed by atoms with Crippen LogP contribution in [0.2, 0.25) is 0 Å². The molecule has 0 radical (unpaired) electrons. The van der Waals surface area contributed by atoms with Gasteiger partial charge in [0.2, 0.25) is 0 Å². The summed E-state index contributed by atoms with van der Waals surface area (Å²) >= 11 is 0. The lowest BCUT2D eigenvalue weighted by Crippen LogP contribution is -2.36. The van der Waals surface area contributed by atoms with Crippen molar-refractivity contribution in [3.8, 4) is 11.5 Å². The molecule has 2 aromatic rings. The first-order chi connectivity index (χ1) is 12.0. The number of hydrogen-bond donors (Lipinski definition) is 2. The Bertz CT molecular complexity index is 747. The zero-order valence-corrected chi connectivity index (χ0v) is 14.0. The summed E-state index contributed by atoms with van der Waals surface area (Å²) in [4.78, 5) is 23.9. The quantitative estimate of drug-likeness (QED) is 0.786. The van der Waals surface area contributed by atoms with Crippen molar-refractivity contribution >= 4 is 17.5 Å². The van der Waals surface area contributed by atoms with Gasteiger partial charge in [0, 0.05) is 12.6 Å². The Labute approximate surface area is 144 Å². The lowest BCUT2D eigenvalue weighted by molar-refractivity contribution is -0.136. The molecule has 0 saturated heterocycles. The molecule has 2 amide bonds. The predicted octanol–water partition coefficient (Wildman–Crippen LogP) is 2.14. The summed E-state index contributed by atoms with van der Waals surface area (Å²) in [5, 5.41) is 5.00. The summed E-state index contributed by atoms with van der Waals surface area (Å²) < 4.78 is 23.1. The van der Waals surface area contributed by atoms with E-state index in [1.807, 2.05) is 0 Å². The molecule has 0 saturated carbocycles. The molecule has 0 aliphatic heterocycles. The number of amides is 2. The molecule has 0 atom stereocenters. The highest BCUT2D eigenvalue weighted by Gasteiger charge is 2.16. The van der Waals surface area contributed by atoms with E-state index < -0.39 is 11.8 Å². The van der Waals surface area contributed by atoms with E-state index in [0.29, 0.717) is 23.6 Å². The Morgan fingerprint density at radius 1 is 1.00 bits per heavy atom. The minimum Gasteiger partial charge on any atom is -0.497 e. The number of nitrogens with one attached hydrogen (secondary N) is 2. The predicted molar refractivity (Wildman–Crippen MR) is 91.3 cm³/mol. The van der Waals surface area contributed by atoms with Gasteiger partial charge >= 0.3 is 11.8 Å². The molecule has 2 N–H and O–H groups in total. The molecule has 2 rings (SSSR count). The summed E-state index contributed by atoms with van der Waals surface area (Å²) in [6.45, 7) is 0.257. The van der Waals surface area contributed by atoms with Crippen LogP contribution in [0.5, 0.6) is 11.5 Å². The van der Waals surface area contributed by atoms with Crippen LogP contribution in [-0.2, 0) is 16.0 Å². The van der Waals surface area contributed by atoms with Gasteiger partial charge in [-0.05, 0) is 36.2 Å². The number of carbonyl (C=O) groups is 2. The molecule has 0 heterocycles. The fraction of sp³-hybridized carbons (Fsp3) is 0.222. The van der Waals surface area contributed by atoms with Crippen LogP contribution in [0.15, 0.2) is 42.5 Å². The molecule has 6 nitrogen and oxygen atoms in total. The van der Waals surface area contributed by atoms with Crippen LogP contribution in [0, 0.1) is 5.82 Å². The van der Waals surface area contributed by atoms with Crippen molar-refractivity contribution in [2.45, 2.75) is 6.42 Å². The molecule has 0 aliphatic carbocycles. The Kier molecular flexibility index (Phi) is 6.33. The van der Waals surface area contributed by atoms with Crippen LogP contribution < -0.4 is 20.1 Å². The Balaban J connectivity index is 1.89. The van der Waals surface area contributed by atoms with E-state index in [2.05, 4.69) is 10.6 Å². The maximum atomic E-state index is 12.8. The van der Waals surface area contributed by atoms with E-state index in [0.717, 1.165) is 5.56 Å². The van der Waals surface area contributed by atoms with Gasteiger partial charge in [-0.15, -0.1) is 0 Å². The van der Waals surface area contributed by atoms with Crippen LogP contribution in [0.25, 0.3) is 0 Å². The first-order valence-corrected chi connectivity index (χ1v) is 7.59. The Morgan fingerprint density at radius 3 is 2.36 bits per heavy atom. The molecule has 0 aliphatic rings. The molecule has 25 heavy (non-hydrogen) atoms. The second-order valence-electron chi connectivity index (χ2n) is 5.15. The molecule has 0 aromatic heterocycles. The normalized spacial score (nSPS) is 10.0. The first-order valence-electron chi connectivity index (χ1n) is 7.59. The minimum absolute atomic E-state index is 0.257. The number of carbonyl (C=O) groups excluding carboxylic acids is 2. The lowest BCUT2D eigenvalue weighted by Gasteiger charge is -2.11. The first kappa shape index (κ1) is 18.3. The molecule has 0 fully saturated rings. The highest BCUT2D eigenvalue weighted by molar-refractivity contribution is 6.39. The van der Waals surface area contributed by atoms with Crippen LogP contribution in [0.3, 0.4) is 0 Å². The van der Waals surface area contributed by atoms with E-state index >= 15 is 0 Å². The maximum absolute atomic E-state index is 12.8. The summed E-state index contributed by atoms with van der Waals surface area (Å²) in [5.74, 6) is -0.974. The highest BCUT2D eigenvalue weighted by Crippen LogP contribution is 2.28. The third-order valence-electron chi connectivity index (χ3n) is 3.47. The van der Waals surface area contributed by atoms with Gasteiger partial charge < -0.3 is 20.1 Å². The van der Waals surface area contributed by atoms with E-state index in [9.17, 15) is 14.0 Å². The van der Waals surface area contributed by atoms with E-state index in [4.69, 9.17) is 9.47 Å². The number of benzene rings is 2. The standard InChI is InChI=1S/C18H19FN2O4/c1-24-14-7-8-16(25-2)15(11-14)21-18(23)17(22)20-10-9-12-3-5-13(19)6-4-12/h3-8,11H,9-10H2,1-2H3,(H,20,22)(H,21,23). The highest BCUT2D eigenvalue weighted by atomic mass is 19.1. The number of halogens is 1. The SMILES string of the molecule is COc1ccc(OC)c(NC(=O)C(=O)NCCc2ccc(F)cc2)c1. The minimum atomic E-state index is -0.814. The van der Waals surface area contributed by atoms with E-state index in [-0.39, 0.29) is 12.4 Å². The summed E-state index contributed by atoms with van der Waals surface area (Å²) in [7, 11) is 2.95. The second kappa shape index (κ2) is 8.68. The van der Waals surface area contributed by atoms with Crippen LogP contribution in [0.1, 0.15) is 5.56 Å². The zero-order chi connectivity index (χ0) is 18.2. The van der Waals surface area contributed by atoms with Crippen molar-refractivity contribution in [3.63, 3.8) is 0 Å². The molecule has 2 aromatic carbocycles. The fourth-order valence-corrected chi connectivity index (χ4v) is 2.14. The van der Waals surface area contributed by atoms with Crippen molar-refractivity contribution in [3.05, 3.63) is 53.8 Å². The van der Waals surface area contributed by atoms with Gasteiger partial charge in [0.1, 0.15) is 17.3 Å². The zero-order valence-electron chi connectivity index (χ0n) is 14.0. The van der Waals surface area contributed by atoms with Crippen molar-refractivity contribution in [1.82, 2.24) is 5.32 Å². The van der Waals surface area contributed by atoms with Crippen molar-refractivity contribution in [1.29, 1.82) is 0 Å². The van der Waals surface area contributed by atoms with E-state index in [1.54, 1.807) is 30.3 Å². The van der Waals surface area contributed by atoms with Gasteiger partial charge in [0.15, 0.2) is 0 Å². The van der Waals surface area contributed by atoms with Crippen molar-refractivity contribution in [2.24, 2.45) is 0 Å². The Morgan fingerprint density at radius 2 is 1.72 bits per heavy atom. The average molecular weight is 346 g/mol. The number of ether oxygens (including phenoxy) is 2. The summed E-state index contributed by atoms with van der Waals surface area (Å²) in [6.07, 6.45) is 0.488. The van der Waals surface area contributed by atoms with Gasteiger partial charge in [0.25, 0.3) is 0 Å². The van der Waals surface area contributed by atoms with Gasteiger partial charge in [-0.2, -0.15) is 0 Å². The molecule has 0 unspecified atom stereocenters. The average Bonchev–Trinajstić information content (AvgIpc) is 2.63. The van der Waals surface area contributed by atoms with Gasteiger partial charge in [-0.1, -0.05) is 12.1 Å². The number of hydrogen-bond acceptors (Lipinski definition) is 4. The molecule has 0 bridgehead atoms. The summed E-state index contributed by atoms with van der Waals surface area (Å²) in [6, 6.07) is 10.8.